The summed E-state index contributed by atoms with van der Waals surface area (Å²) in [6, 6.07) is 0. The molecule has 106 valence electrons. The van der Waals surface area contributed by atoms with Crippen LogP contribution in [0, 0.1) is 29.1 Å². The predicted molar refractivity (Wildman–Crippen MR) is 53.2 cm³/mol. The molecule has 0 aliphatic heterocycles. The van der Waals surface area contributed by atoms with Crippen LogP contribution in [0.5, 0.6) is 0 Å². The van der Waals surface area contributed by atoms with Gasteiger partial charge in [0, 0.05) is 11.8 Å². The van der Waals surface area contributed by atoms with Crippen LogP contribution in [0.4, 0.5) is 22.0 Å². The molecule has 2 bridgehead atoms. The maximum absolute atomic E-state index is 14.1. The van der Waals surface area contributed by atoms with E-state index in [1.165, 1.54) is 12.2 Å². The Hall–Kier alpha value is -1.14. The number of alkyl halides is 5. The van der Waals surface area contributed by atoms with E-state index in [4.69, 9.17) is 0 Å². The Morgan fingerprint density at radius 3 is 2.21 bits per heavy atom. The third-order valence-corrected chi connectivity index (χ3v) is 4.86. The number of carbonyl (C=O) groups excluding carboxylic acids is 1. The Kier molecular flexibility index (Phi) is 2.23. The highest BCUT2D eigenvalue weighted by Gasteiger charge is 2.92. The molecule has 0 N–H and O–H groups in total. The highest BCUT2D eigenvalue weighted by Crippen LogP contribution is 2.77. The van der Waals surface area contributed by atoms with Gasteiger partial charge in [0.05, 0.1) is 7.11 Å². The van der Waals surface area contributed by atoms with E-state index in [1.807, 2.05) is 0 Å². The first-order valence-corrected chi connectivity index (χ1v) is 5.91. The minimum atomic E-state index is -5.32. The van der Waals surface area contributed by atoms with Gasteiger partial charge in [0.2, 0.25) is 5.41 Å². The van der Waals surface area contributed by atoms with Crippen LogP contribution in [0.3, 0.4) is 0 Å². The van der Waals surface area contributed by atoms with E-state index in [9.17, 15) is 26.7 Å². The smallest absolute Gasteiger partial charge is 0.411 e. The molecule has 19 heavy (non-hydrogen) atoms. The molecule has 0 saturated heterocycles. The fourth-order valence-corrected chi connectivity index (χ4v) is 4.22. The van der Waals surface area contributed by atoms with Crippen molar-refractivity contribution in [1.82, 2.24) is 0 Å². The Morgan fingerprint density at radius 1 is 1.21 bits per heavy atom. The van der Waals surface area contributed by atoms with E-state index in [-0.39, 0.29) is 6.42 Å². The lowest BCUT2D eigenvalue weighted by molar-refractivity contribution is -0.388. The number of methoxy groups -OCH3 is 1. The second kappa shape index (κ2) is 3.30. The number of ether oxygens (including phenoxy) is 1. The third-order valence-electron chi connectivity index (χ3n) is 4.86. The summed E-state index contributed by atoms with van der Waals surface area (Å²) in [5, 5.41) is 0. The summed E-state index contributed by atoms with van der Waals surface area (Å²) in [5.74, 6) is -9.95. The number of rotatable bonds is 1. The van der Waals surface area contributed by atoms with E-state index >= 15 is 0 Å². The summed E-state index contributed by atoms with van der Waals surface area (Å²) in [7, 11) is 0.711. The largest absolute Gasteiger partial charge is 0.468 e. The maximum atomic E-state index is 14.1. The zero-order valence-electron chi connectivity index (χ0n) is 9.88. The number of hydrogen-bond donors (Lipinski definition) is 0. The molecule has 3 aliphatic rings. The van der Waals surface area contributed by atoms with Crippen molar-refractivity contribution in [3.63, 3.8) is 0 Å². The molecule has 0 aromatic carbocycles. The Bertz CT molecular complexity index is 469. The molecule has 2 saturated carbocycles. The van der Waals surface area contributed by atoms with Gasteiger partial charge in [-0.15, -0.1) is 0 Å². The van der Waals surface area contributed by atoms with Crippen LogP contribution in [-0.2, 0) is 9.53 Å². The molecule has 0 aromatic rings. The van der Waals surface area contributed by atoms with Crippen molar-refractivity contribution in [2.45, 2.75) is 18.5 Å². The van der Waals surface area contributed by atoms with E-state index in [0.29, 0.717) is 7.11 Å². The molecular weight excluding hydrogens is 271 g/mol. The molecule has 2 nitrogen and oxygen atoms in total. The second-order valence-electron chi connectivity index (χ2n) is 5.42. The predicted octanol–water partition coefficient (Wildman–Crippen LogP) is 2.80. The quantitative estimate of drug-likeness (QED) is 0.420. The normalized spacial score (nSPS) is 45.8. The van der Waals surface area contributed by atoms with E-state index < -0.39 is 47.2 Å². The SMILES string of the molecule is COC(=O)[C@@]1(C(F)(F)F)[C@@H]2[C@@H]([C@H]3C=C[C@@H]2C3)C1(F)F. The molecule has 7 heteroatoms. The van der Waals surface area contributed by atoms with Crippen LogP contribution in [0.1, 0.15) is 6.42 Å². The molecule has 0 spiro atoms. The van der Waals surface area contributed by atoms with Gasteiger partial charge < -0.3 is 4.74 Å². The van der Waals surface area contributed by atoms with E-state index in [0.717, 1.165) is 0 Å². The lowest BCUT2D eigenvalue weighted by Crippen LogP contribution is -2.76. The van der Waals surface area contributed by atoms with Gasteiger partial charge in [-0.05, 0) is 18.3 Å². The average Bonchev–Trinajstić information content (AvgIpc) is 2.85. The average molecular weight is 282 g/mol. The monoisotopic (exact) mass is 282 g/mol. The molecule has 0 aromatic heterocycles. The second-order valence-corrected chi connectivity index (χ2v) is 5.42. The molecule has 0 unspecified atom stereocenters. The van der Waals surface area contributed by atoms with Gasteiger partial charge in [-0.25, -0.2) is 8.78 Å². The number of esters is 1. The fourth-order valence-electron chi connectivity index (χ4n) is 4.22. The fraction of sp³-hybridized carbons (Fsp3) is 0.750. The van der Waals surface area contributed by atoms with Gasteiger partial charge in [0.15, 0.2) is 0 Å². The third kappa shape index (κ3) is 1.11. The van der Waals surface area contributed by atoms with Gasteiger partial charge in [-0.1, -0.05) is 12.2 Å². The van der Waals surface area contributed by atoms with Gasteiger partial charge in [0.1, 0.15) is 0 Å². The van der Waals surface area contributed by atoms with Gasteiger partial charge in [0.25, 0.3) is 5.92 Å². The zero-order chi connectivity index (χ0) is 14.2. The first-order chi connectivity index (χ1) is 8.69. The Morgan fingerprint density at radius 2 is 1.74 bits per heavy atom. The van der Waals surface area contributed by atoms with Crippen LogP contribution >= 0.6 is 0 Å². The van der Waals surface area contributed by atoms with E-state index in [1.54, 1.807) is 0 Å². The lowest BCUT2D eigenvalue weighted by atomic mass is 9.47. The molecule has 0 heterocycles. The van der Waals surface area contributed by atoms with Crippen molar-refractivity contribution in [3.05, 3.63) is 12.2 Å². The Balaban J connectivity index is 2.15. The summed E-state index contributed by atoms with van der Waals surface area (Å²) in [6.45, 7) is 0. The Labute approximate surface area is 105 Å². The van der Waals surface area contributed by atoms with Gasteiger partial charge >= 0.3 is 12.1 Å². The number of carbonyl (C=O) groups is 1. The summed E-state index contributed by atoms with van der Waals surface area (Å²) in [5.41, 5.74) is -3.68. The summed E-state index contributed by atoms with van der Waals surface area (Å²) in [6.07, 6.45) is -2.00. The highest BCUT2D eigenvalue weighted by molar-refractivity contribution is 5.82. The van der Waals surface area contributed by atoms with Gasteiger partial charge in [-0.3, -0.25) is 4.79 Å². The van der Waals surface area contributed by atoms with Crippen LogP contribution < -0.4 is 0 Å². The van der Waals surface area contributed by atoms with Crippen molar-refractivity contribution in [2.24, 2.45) is 29.1 Å². The molecular formula is C12H11F5O2. The molecule has 0 amide bonds. The molecule has 3 aliphatic carbocycles. The number of hydrogen-bond acceptors (Lipinski definition) is 2. The van der Waals surface area contributed by atoms with E-state index in [2.05, 4.69) is 4.74 Å². The van der Waals surface area contributed by atoms with Crippen LogP contribution in [0.2, 0.25) is 0 Å². The summed E-state index contributed by atoms with van der Waals surface area (Å²) < 4.78 is 72.1. The molecule has 2 fully saturated rings. The van der Waals surface area contributed by atoms with Crippen LogP contribution in [0.15, 0.2) is 12.2 Å². The summed E-state index contributed by atoms with van der Waals surface area (Å²) >= 11 is 0. The van der Waals surface area contributed by atoms with Crippen molar-refractivity contribution in [2.75, 3.05) is 7.11 Å². The maximum Gasteiger partial charge on any atom is 0.411 e. The minimum absolute atomic E-state index is 0.264. The van der Waals surface area contributed by atoms with Crippen LogP contribution in [0.25, 0.3) is 0 Å². The molecule has 0 radical (unpaired) electrons. The molecule has 5 atom stereocenters. The number of allylic oxidation sites excluding steroid dienone is 2. The minimum Gasteiger partial charge on any atom is -0.468 e. The van der Waals surface area contributed by atoms with Crippen molar-refractivity contribution in [1.29, 1.82) is 0 Å². The lowest BCUT2D eigenvalue weighted by Gasteiger charge is -2.59. The topological polar surface area (TPSA) is 26.3 Å². The summed E-state index contributed by atoms with van der Waals surface area (Å²) in [4.78, 5) is 11.6. The molecule has 3 rings (SSSR count). The number of fused-ring (bicyclic) bond motifs is 5. The van der Waals surface area contributed by atoms with Crippen LogP contribution in [-0.4, -0.2) is 25.2 Å². The first-order valence-electron chi connectivity index (χ1n) is 5.91. The van der Waals surface area contributed by atoms with Crippen molar-refractivity contribution in [3.8, 4) is 0 Å². The van der Waals surface area contributed by atoms with Crippen molar-refractivity contribution < 1.29 is 31.5 Å². The first kappa shape index (κ1) is 12.9. The van der Waals surface area contributed by atoms with Crippen molar-refractivity contribution >= 4 is 5.97 Å². The van der Waals surface area contributed by atoms with Gasteiger partial charge in [-0.2, -0.15) is 13.2 Å². The zero-order valence-corrected chi connectivity index (χ0v) is 9.88. The highest BCUT2D eigenvalue weighted by atomic mass is 19.4. The number of halogens is 5. The standard InChI is InChI=1S/C12H11F5O2/c1-19-9(18)10(12(15,16)17)7-5-2-3-6(4-5)8(7)11(10,13)14/h2-3,5-8H,4H2,1H3/t5-,6+,7+,8-,10+/m1/s1.